The highest BCUT2D eigenvalue weighted by molar-refractivity contribution is 6.30. The molecule has 1 amide bonds. The number of likely N-dealkylation sites (N-methyl/N-ethyl adjacent to an activating group) is 1. The van der Waals surface area contributed by atoms with Gasteiger partial charge in [-0.2, -0.15) is 18.3 Å². The molecule has 0 fully saturated rings. The first kappa shape index (κ1) is 25.5. The van der Waals surface area contributed by atoms with Gasteiger partial charge in [-0.3, -0.25) is 14.8 Å². The Morgan fingerprint density at radius 1 is 1.00 bits per heavy atom. The lowest BCUT2D eigenvalue weighted by atomic mass is 9.94. The van der Waals surface area contributed by atoms with Crippen LogP contribution in [0.5, 0.6) is 0 Å². The highest BCUT2D eigenvalue weighted by Crippen LogP contribution is 2.41. The first-order valence-corrected chi connectivity index (χ1v) is 11.6. The van der Waals surface area contributed by atoms with Crippen LogP contribution in [-0.4, -0.2) is 41.1 Å². The molecular weight excluding hydrogens is 489 g/mol. The highest BCUT2D eigenvalue weighted by Gasteiger charge is 2.35. The van der Waals surface area contributed by atoms with Gasteiger partial charge >= 0.3 is 6.18 Å². The Kier molecular flexibility index (Phi) is 7.76. The zero-order valence-corrected chi connectivity index (χ0v) is 20.2. The van der Waals surface area contributed by atoms with Crippen molar-refractivity contribution in [1.82, 2.24) is 20.4 Å². The van der Waals surface area contributed by atoms with Crippen molar-refractivity contribution in [2.75, 3.05) is 20.1 Å². The van der Waals surface area contributed by atoms with E-state index >= 15 is 0 Å². The molecule has 0 spiro atoms. The average molecular weight is 513 g/mol. The molecule has 2 N–H and O–H groups in total. The number of hydrogen-bond donors (Lipinski definition) is 2. The molecule has 5 nitrogen and oxygen atoms in total. The second-order valence-corrected chi connectivity index (χ2v) is 8.77. The Bertz CT molecular complexity index is 1320. The number of aromatic amines is 1. The second-order valence-electron chi connectivity index (χ2n) is 8.34. The van der Waals surface area contributed by atoms with Crippen LogP contribution in [0.1, 0.15) is 21.6 Å². The first-order valence-electron chi connectivity index (χ1n) is 11.3. The van der Waals surface area contributed by atoms with Gasteiger partial charge < -0.3 is 5.32 Å². The predicted octanol–water partition coefficient (Wildman–Crippen LogP) is 6.28. The number of alkyl halides is 3. The number of rotatable bonds is 8. The van der Waals surface area contributed by atoms with Gasteiger partial charge in [-0.1, -0.05) is 60.1 Å². The summed E-state index contributed by atoms with van der Waals surface area (Å²) in [4.78, 5) is 14.2. The number of hydrogen-bond acceptors (Lipinski definition) is 3. The Morgan fingerprint density at radius 2 is 1.67 bits per heavy atom. The van der Waals surface area contributed by atoms with E-state index in [1.54, 1.807) is 54.6 Å². The largest absolute Gasteiger partial charge is 0.417 e. The molecule has 1 aromatic heterocycles. The maximum atomic E-state index is 13.9. The van der Waals surface area contributed by atoms with Crippen molar-refractivity contribution in [1.29, 1.82) is 0 Å². The van der Waals surface area contributed by atoms with Gasteiger partial charge in [0.05, 0.1) is 11.3 Å². The van der Waals surface area contributed by atoms with Gasteiger partial charge in [-0.05, 0) is 42.9 Å². The van der Waals surface area contributed by atoms with E-state index < -0.39 is 11.7 Å². The summed E-state index contributed by atoms with van der Waals surface area (Å²) >= 11 is 6.01. The standard InChI is InChI=1S/C27H24ClF3N4O/c1-35(16-15-32-26(36)19-7-3-2-4-8-19)17-23-24(21-9-5-6-10-22(21)27(29,30)31)25(34-33-23)18-11-13-20(28)14-12-18/h2-14H,15-17H2,1H3,(H,32,36)(H,33,34). The van der Waals surface area contributed by atoms with Crippen LogP contribution in [0.3, 0.4) is 0 Å². The molecule has 0 bridgehead atoms. The van der Waals surface area contributed by atoms with Gasteiger partial charge in [-0.15, -0.1) is 0 Å². The van der Waals surface area contributed by atoms with Crippen LogP contribution in [-0.2, 0) is 12.7 Å². The summed E-state index contributed by atoms with van der Waals surface area (Å²) in [5.74, 6) is -0.185. The number of carbonyl (C=O) groups is 1. The van der Waals surface area contributed by atoms with Crippen LogP contribution in [0.25, 0.3) is 22.4 Å². The van der Waals surface area contributed by atoms with Gasteiger partial charge in [0.1, 0.15) is 5.69 Å². The Morgan fingerprint density at radius 3 is 2.36 bits per heavy atom. The monoisotopic (exact) mass is 512 g/mol. The van der Waals surface area contributed by atoms with Crippen molar-refractivity contribution in [2.45, 2.75) is 12.7 Å². The molecule has 0 aliphatic rings. The summed E-state index contributed by atoms with van der Waals surface area (Å²) in [5.41, 5.74) is 1.84. The summed E-state index contributed by atoms with van der Waals surface area (Å²) in [6.07, 6.45) is -4.53. The molecule has 0 radical (unpaired) electrons. The van der Waals surface area contributed by atoms with Crippen LogP contribution in [0.15, 0.2) is 78.9 Å². The third kappa shape index (κ3) is 5.95. The minimum Gasteiger partial charge on any atom is -0.351 e. The van der Waals surface area contributed by atoms with Gasteiger partial charge in [0.25, 0.3) is 5.91 Å². The molecule has 0 aliphatic carbocycles. The Labute approximate surface area is 211 Å². The molecule has 3 aromatic carbocycles. The number of nitrogens with zero attached hydrogens (tertiary/aromatic N) is 2. The fourth-order valence-corrected chi connectivity index (χ4v) is 4.07. The topological polar surface area (TPSA) is 61.0 Å². The molecule has 4 rings (SSSR count). The molecular formula is C27H24ClF3N4O. The van der Waals surface area contributed by atoms with E-state index in [1.165, 1.54) is 12.1 Å². The maximum Gasteiger partial charge on any atom is 0.417 e. The second kappa shape index (κ2) is 11.0. The van der Waals surface area contributed by atoms with E-state index in [9.17, 15) is 18.0 Å². The molecule has 9 heteroatoms. The average Bonchev–Trinajstić information content (AvgIpc) is 3.27. The van der Waals surface area contributed by atoms with Gasteiger partial charge in [0.15, 0.2) is 0 Å². The summed E-state index contributed by atoms with van der Waals surface area (Å²) in [6, 6.07) is 21.1. The number of halogens is 4. The number of nitrogens with one attached hydrogen (secondary N) is 2. The molecule has 0 atom stereocenters. The van der Waals surface area contributed by atoms with Gasteiger partial charge in [-0.25, -0.2) is 0 Å². The van der Waals surface area contributed by atoms with Crippen molar-refractivity contribution in [3.63, 3.8) is 0 Å². The molecule has 1 heterocycles. The highest BCUT2D eigenvalue weighted by atomic mass is 35.5. The summed E-state index contributed by atoms with van der Waals surface area (Å²) in [6.45, 7) is 1.15. The van der Waals surface area contributed by atoms with Crippen molar-refractivity contribution in [3.8, 4) is 22.4 Å². The SMILES string of the molecule is CN(CCNC(=O)c1ccccc1)Cc1[nH]nc(-c2ccc(Cl)cc2)c1-c1ccccc1C(F)(F)F. The molecule has 186 valence electrons. The van der Waals surface area contributed by atoms with Crippen molar-refractivity contribution < 1.29 is 18.0 Å². The number of H-pyrrole nitrogens is 1. The zero-order valence-electron chi connectivity index (χ0n) is 19.4. The fourth-order valence-electron chi connectivity index (χ4n) is 3.95. The van der Waals surface area contributed by atoms with Crippen molar-refractivity contribution in [2.24, 2.45) is 0 Å². The number of benzene rings is 3. The lowest BCUT2D eigenvalue weighted by Crippen LogP contribution is -2.32. The molecule has 4 aromatic rings. The molecule has 0 saturated heterocycles. The maximum absolute atomic E-state index is 13.9. The van der Waals surface area contributed by atoms with E-state index in [-0.39, 0.29) is 11.5 Å². The number of carbonyl (C=O) groups excluding carboxylic acids is 1. The molecule has 0 saturated carbocycles. The third-order valence-corrected chi connectivity index (χ3v) is 5.96. The zero-order chi connectivity index (χ0) is 25.7. The lowest BCUT2D eigenvalue weighted by molar-refractivity contribution is -0.137. The number of aromatic nitrogens is 2. The quantitative estimate of drug-likeness (QED) is 0.292. The molecule has 0 aliphatic heterocycles. The molecule has 0 unspecified atom stereocenters. The van der Waals surface area contributed by atoms with E-state index in [2.05, 4.69) is 15.5 Å². The van der Waals surface area contributed by atoms with Crippen LogP contribution >= 0.6 is 11.6 Å². The molecule has 36 heavy (non-hydrogen) atoms. The Hall–Kier alpha value is -3.62. The van der Waals surface area contributed by atoms with Crippen LogP contribution in [0.2, 0.25) is 5.02 Å². The first-order chi connectivity index (χ1) is 17.2. The summed E-state index contributed by atoms with van der Waals surface area (Å²) < 4.78 is 41.7. The van der Waals surface area contributed by atoms with Crippen LogP contribution in [0, 0.1) is 0 Å². The van der Waals surface area contributed by atoms with E-state index in [0.717, 1.165) is 6.07 Å². The van der Waals surface area contributed by atoms with Crippen molar-refractivity contribution in [3.05, 3.63) is 101 Å². The Balaban J connectivity index is 1.60. The normalized spacial score (nSPS) is 11.6. The smallest absolute Gasteiger partial charge is 0.351 e. The number of amides is 1. The minimum atomic E-state index is -4.53. The van der Waals surface area contributed by atoms with E-state index in [1.807, 2.05) is 18.0 Å². The fraction of sp³-hybridized carbons (Fsp3) is 0.185. The third-order valence-electron chi connectivity index (χ3n) is 5.70. The van der Waals surface area contributed by atoms with Gasteiger partial charge in [0, 0.05) is 41.3 Å². The van der Waals surface area contributed by atoms with E-state index in [0.29, 0.717) is 52.7 Å². The van der Waals surface area contributed by atoms with E-state index in [4.69, 9.17) is 11.6 Å². The van der Waals surface area contributed by atoms with Crippen LogP contribution < -0.4 is 5.32 Å². The summed E-state index contributed by atoms with van der Waals surface area (Å²) in [7, 11) is 1.83. The van der Waals surface area contributed by atoms with Crippen molar-refractivity contribution >= 4 is 17.5 Å². The minimum absolute atomic E-state index is 0.0458. The summed E-state index contributed by atoms with van der Waals surface area (Å²) in [5, 5.41) is 10.7. The lowest BCUT2D eigenvalue weighted by Gasteiger charge is -2.19. The van der Waals surface area contributed by atoms with Crippen LogP contribution in [0.4, 0.5) is 13.2 Å². The predicted molar refractivity (Wildman–Crippen MR) is 135 cm³/mol. The van der Waals surface area contributed by atoms with Gasteiger partial charge in [0.2, 0.25) is 0 Å².